The van der Waals surface area contributed by atoms with Gasteiger partial charge in [0.15, 0.2) is 0 Å². The molecule has 1 heterocycles. The lowest BCUT2D eigenvalue weighted by molar-refractivity contribution is 0.473. The van der Waals surface area contributed by atoms with Crippen LogP contribution in [0.4, 0.5) is 0 Å². The zero-order valence-electron chi connectivity index (χ0n) is 12.2. The van der Waals surface area contributed by atoms with Crippen molar-refractivity contribution in [1.29, 1.82) is 0 Å². The third-order valence-electron chi connectivity index (χ3n) is 3.32. The molecule has 0 amide bonds. The van der Waals surface area contributed by atoms with Gasteiger partial charge in [-0.05, 0) is 31.0 Å². The Kier molecular flexibility index (Phi) is 5.00. The van der Waals surface area contributed by atoms with Crippen molar-refractivity contribution in [2.75, 3.05) is 13.1 Å². The van der Waals surface area contributed by atoms with Crippen molar-refractivity contribution in [2.45, 2.75) is 33.4 Å². The lowest BCUT2D eigenvalue weighted by Crippen LogP contribution is -2.37. The fraction of sp³-hybridized carbons (Fsp3) is 0.500. The normalized spacial score (nSPS) is 13.3. The number of aromatic nitrogens is 1. The van der Waals surface area contributed by atoms with E-state index in [-0.39, 0.29) is 0 Å². The first-order valence-corrected chi connectivity index (χ1v) is 7.16. The fourth-order valence-corrected chi connectivity index (χ4v) is 2.22. The van der Waals surface area contributed by atoms with Gasteiger partial charge in [0.2, 0.25) is 0 Å². The Balaban J connectivity index is 1.81. The van der Waals surface area contributed by atoms with Gasteiger partial charge in [-0.2, -0.15) is 0 Å². The molecule has 104 valence electrons. The third kappa shape index (κ3) is 4.08. The van der Waals surface area contributed by atoms with Crippen LogP contribution >= 0.6 is 0 Å². The molecule has 3 N–H and O–H groups in total. The van der Waals surface area contributed by atoms with E-state index in [1.165, 1.54) is 16.5 Å². The van der Waals surface area contributed by atoms with Crippen LogP contribution in [-0.2, 0) is 6.54 Å². The minimum absolute atomic E-state index is 0.479. The van der Waals surface area contributed by atoms with Crippen molar-refractivity contribution in [3.05, 3.63) is 36.0 Å². The zero-order chi connectivity index (χ0) is 13.7. The van der Waals surface area contributed by atoms with Gasteiger partial charge in [0.1, 0.15) is 0 Å². The highest BCUT2D eigenvalue weighted by Gasteiger charge is 2.05. The van der Waals surface area contributed by atoms with Gasteiger partial charge in [-0.3, -0.25) is 0 Å². The van der Waals surface area contributed by atoms with E-state index < -0.39 is 0 Å². The van der Waals surface area contributed by atoms with E-state index >= 15 is 0 Å². The highest BCUT2D eigenvalue weighted by atomic mass is 15.0. The molecule has 0 aliphatic carbocycles. The van der Waals surface area contributed by atoms with Crippen molar-refractivity contribution in [3.8, 4) is 0 Å². The first kappa shape index (κ1) is 14.1. The third-order valence-corrected chi connectivity index (χ3v) is 3.32. The Bertz CT molecular complexity index is 501. The number of hydrogen-bond acceptors (Lipinski definition) is 2. The average Bonchev–Trinajstić information content (AvgIpc) is 2.79. The first-order chi connectivity index (χ1) is 9.16. The molecule has 3 nitrogen and oxygen atoms in total. The largest absolute Gasteiger partial charge is 0.361 e. The second-order valence-electron chi connectivity index (χ2n) is 5.69. The van der Waals surface area contributed by atoms with Crippen molar-refractivity contribution < 1.29 is 0 Å². The summed E-state index contributed by atoms with van der Waals surface area (Å²) >= 11 is 0. The van der Waals surface area contributed by atoms with Gasteiger partial charge in [0.05, 0.1) is 0 Å². The molecule has 1 aromatic heterocycles. The second kappa shape index (κ2) is 6.73. The fourth-order valence-electron chi connectivity index (χ4n) is 2.22. The highest BCUT2D eigenvalue weighted by molar-refractivity contribution is 5.82. The highest BCUT2D eigenvalue weighted by Crippen LogP contribution is 2.17. The van der Waals surface area contributed by atoms with E-state index in [1.807, 2.05) is 0 Å². The van der Waals surface area contributed by atoms with Crippen molar-refractivity contribution >= 4 is 10.9 Å². The van der Waals surface area contributed by atoms with Crippen LogP contribution in [0.2, 0.25) is 0 Å². The summed E-state index contributed by atoms with van der Waals surface area (Å²) in [5.74, 6) is 0.709. The zero-order valence-corrected chi connectivity index (χ0v) is 12.2. The Labute approximate surface area is 115 Å². The predicted octanol–water partition coefficient (Wildman–Crippen LogP) is 2.89. The standard InChI is InChI=1S/C16H25N3/c1-12(2)8-17-9-13(3)18-10-14-11-19-16-7-5-4-6-15(14)16/h4-7,11-13,17-19H,8-10H2,1-3H3. The topological polar surface area (TPSA) is 39.8 Å². The summed E-state index contributed by atoms with van der Waals surface area (Å²) in [6.07, 6.45) is 2.10. The maximum Gasteiger partial charge on any atom is 0.0457 e. The van der Waals surface area contributed by atoms with Crippen LogP contribution < -0.4 is 10.6 Å². The summed E-state index contributed by atoms with van der Waals surface area (Å²) in [7, 11) is 0. The first-order valence-electron chi connectivity index (χ1n) is 7.16. The Morgan fingerprint density at radius 2 is 1.89 bits per heavy atom. The number of nitrogens with one attached hydrogen (secondary N) is 3. The SMILES string of the molecule is CC(C)CNCC(C)NCc1c[nH]c2ccccc12. The van der Waals surface area contributed by atoms with Gasteiger partial charge in [-0.25, -0.2) is 0 Å². The number of para-hydroxylation sites is 1. The van der Waals surface area contributed by atoms with Crippen LogP contribution in [0.5, 0.6) is 0 Å². The maximum atomic E-state index is 3.57. The lowest BCUT2D eigenvalue weighted by Gasteiger charge is -2.15. The van der Waals surface area contributed by atoms with Crippen LogP contribution in [-0.4, -0.2) is 24.1 Å². The molecule has 0 saturated heterocycles. The minimum atomic E-state index is 0.479. The number of fused-ring (bicyclic) bond motifs is 1. The van der Waals surface area contributed by atoms with E-state index in [0.717, 1.165) is 19.6 Å². The van der Waals surface area contributed by atoms with E-state index in [4.69, 9.17) is 0 Å². The molecule has 2 aromatic rings. The summed E-state index contributed by atoms with van der Waals surface area (Å²) < 4.78 is 0. The summed E-state index contributed by atoms with van der Waals surface area (Å²) in [6.45, 7) is 9.70. The van der Waals surface area contributed by atoms with Crippen LogP contribution in [0.3, 0.4) is 0 Å². The molecule has 1 atom stereocenters. The average molecular weight is 259 g/mol. The molecular formula is C16H25N3. The molecule has 1 unspecified atom stereocenters. The Morgan fingerprint density at radius 3 is 2.68 bits per heavy atom. The number of rotatable bonds is 7. The maximum absolute atomic E-state index is 3.57. The number of hydrogen-bond donors (Lipinski definition) is 3. The molecule has 0 spiro atoms. The predicted molar refractivity (Wildman–Crippen MR) is 82.3 cm³/mol. The monoisotopic (exact) mass is 259 g/mol. The summed E-state index contributed by atoms with van der Waals surface area (Å²) in [5, 5.41) is 8.37. The molecule has 3 heteroatoms. The quantitative estimate of drug-likeness (QED) is 0.715. The van der Waals surface area contributed by atoms with E-state index in [2.05, 4.69) is 66.9 Å². The molecule has 0 saturated carbocycles. The van der Waals surface area contributed by atoms with Gasteiger partial charge in [0.25, 0.3) is 0 Å². The molecule has 0 radical (unpaired) electrons. The van der Waals surface area contributed by atoms with Crippen LogP contribution in [0, 0.1) is 5.92 Å². The van der Waals surface area contributed by atoms with Crippen molar-refractivity contribution in [1.82, 2.24) is 15.6 Å². The number of aromatic amines is 1. The summed E-state index contributed by atoms with van der Waals surface area (Å²) in [5.41, 5.74) is 2.55. The smallest absolute Gasteiger partial charge is 0.0457 e. The molecule has 19 heavy (non-hydrogen) atoms. The molecule has 0 bridgehead atoms. The van der Waals surface area contributed by atoms with Gasteiger partial charge in [-0.15, -0.1) is 0 Å². The van der Waals surface area contributed by atoms with Gasteiger partial charge >= 0.3 is 0 Å². The van der Waals surface area contributed by atoms with Crippen LogP contribution in [0.25, 0.3) is 10.9 Å². The minimum Gasteiger partial charge on any atom is -0.361 e. The van der Waals surface area contributed by atoms with Crippen molar-refractivity contribution in [2.24, 2.45) is 5.92 Å². The Morgan fingerprint density at radius 1 is 1.11 bits per heavy atom. The van der Waals surface area contributed by atoms with E-state index in [9.17, 15) is 0 Å². The van der Waals surface area contributed by atoms with Gasteiger partial charge in [-0.1, -0.05) is 32.0 Å². The molecule has 2 rings (SSSR count). The molecule has 0 aliphatic rings. The Hall–Kier alpha value is -1.32. The van der Waals surface area contributed by atoms with Crippen LogP contribution in [0.1, 0.15) is 26.3 Å². The van der Waals surface area contributed by atoms with Gasteiger partial charge in [0, 0.05) is 36.2 Å². The molecule has 0 aliphatic heterocycles. The summed E-state index contributed by atoms with van der Waals surface area (Å²) in [4.78, 5) is 3.31. The number of H-pyrrole nitrogens is 1. The summed E-state index contributed by atoms with van der Waals surface area (Å²) in [6, 6.07) is 8.92. The van der Waals surface area contributed by atoms with E-state index in [1.54, 1.807) is 0 Å². The lowest BCUT2D eigenvalue weighted by atomic mass is 10.1. The molecule has 1 aromatic carbocycles. The molecular weight excluding hydrogens is 234 g/mol. The molecule has 0 fully saturated rings. The van der Waals surface area contributed by atoms with Gasteiger partial charge < -0.3 is 15.6 Å². The van der Waals surface area contributed by atoms with E-state index in [0.29, 0.717) is 12.0 Å². The van der Waals surface area contributed by atoms with Crippen LogP contribution in [0.15, 0.2) is 30.5 Å². The number of benzene rings is 1. The second-order valence-corrected chi connectivity index (χ2v) is 5.69. The van der Waals surface area contributed by atoms with Crippen molar-refractivity contribution in [3.63, 3.8) is 0 Å².